The van der Waals surface area contributed by atoms with Gasteiger partial charge in [-0.1, -0.05) is 120 Å². The van der Waals surface area contributed by atoms with Crippen molar-refractivity contribution >= 4 is 8.53 Å². The molecule has 3 fully saturated rings. The van der Waals surface area contributed by atoms with Crippen LogP contribution in [0.5, 0.6) is 11.5 Å². The summed E-state index contributed by atoms with van der Waals surface area (Å²) in [5.41, 5.74) is 4.66. The Hall–Kier alpha value is -3.44. The van der Waals surface area contributed by atoms with Crippen LogP contribution in [0.1, 0.15) is 162 Å². The molecule has 3 aromatic rings. The topological polar surface area (TPSA) is 122 Å². The van der Waals surface area contributed by atoms with E-state index >= 15 is 0 Å². The van der Waals surface area contributed by atoms with Crippen LogP contribution in [0, 0.1) is 57.7 Å². The van der Waals surface area contributed by atoms with Gasteiger partial charge in [-0.3, -0.25) is 0 Å². The summed E-state index contributed by atoms with van der Waals surface area (Å²) in [7, 11) is 1.87. The Bertz CT molecular complexity index is 2310. The van der Waals surface area contributed by atoms with E-state index in [1.807, 2.05) is 42.5 Å². The molecule has 2 unspecified atom stereocenters. The largest absolute Gasteiger partial charge is 0.497 e. The Balaban J connectivity index is 0.852. The lowest BCUT2D eigenvalue weighted by Crippen LogP contribution is -2.51. The van der Waals surface area contributed by atoms with Crippen molar-refractivity contribution in [2.75, 3.05) is 86.8 Å². The van der Waals surface area contributed by atoms with Crippen LogP contribution in [0.2, 0.25) is 0 Å². The van der Waals surface area contributed by atoms with E-state index in [1.165, 1.54) is 70.6 Å². The molecule has 0 amide bonds. The number of methoxy groups -OCH3 is 2. The van der Waals surface area contributed by atoms with E-state index in [0.29, 0.717) is 89.4 Å². The SMILES string of the molecule is COc1ccc(C(OCCOCCOCCOCC(COCCCN[C@H]2CC[C@@]3(C)C(=CC[C@H]4[C@@H]5CC[C@H]([C@H](C)CCCC(C)C)[C@@]5(C)CC[C@@H]43)C2)OP(OCCC#N)N(C(C)C)C(C)C)(c2ccccc2)c2ccc(OC)cc2)cc1. The van der Waals surface area contributed by atoms with Crippen LogP contribution in [-0.2, 0) is 38.3 Å². The number of ether oxygens (including phenoxy) is 7. The fourth-order valence-electron chi connectivity index (χ4n) is 15.1. The molecule has 7 rings (SSSR count). The highest BCUT2D eigenvalue weighted by atomic mass is 31.2. The van der Waals surface area contributed by atoms with E-state index in [1.54, 1.807) is 19.8 Å². The summed E-state index contributed by atoms with van der Waals surface area (Å²) in [6.07, 6.45) is 18.6. The second-order valence-electron chi connectivity index (χ2n) is 25.5. The van der Waals surface area contributed by atoms with E-state index in [2.05, 4.69) is 121 Å². The number of nitrogens with zero attached hydrogens (tertiary/aromatic N) is 2. The highest BCUT2D eigenvalue weighted by Gasteiger charge is 2.59. The summed E-state index contributed by atoms with van der Waals surface area (Å²) in [6.45, 7) is 26.2. The summed E-state index contributed by atoms with van der Waals surface area (Å²) in [5.74, 6) is 6.73. The van der Waals surface area contributed by atoms with Gasteiger partial charge in [0, 0.05) is 24.7 Å². The summed E-state index contributed by atoms with van der Waals surface area (Å²) >= 11 is 0. The highest BCUT2D eigenvalue weighted by Crippen LogP contribution is 2.67. The normalized spacial score (nSPS) is 24.7. The molecule has 0 bridgehead atoms. The number of nitriles is 1. The van der Waals surface area contributed by atoms with Crippen LogP contribution in [0.25, 0.3) is 0 Å². The minimum Gasteiger partial charge on any atom is -0.497 e. The average molecular weight is 1150 g/mol. The van der Waals surface area contributed by atoms with Gasteiger partial charge in [-0.05, 0) is 179 Å². The molecule has 3 aromatic carbocycles. The van der Waals surface area contributed by atoms with Crippen LogP contribution < -0.4 is 14.8 Å². The lowest BCUT2D eigenvalue weighted by atomic mass is 9.47. The number of fused-ring (bicyclic) bond motifs is 5. The molecule has 0 spiro atoms. The summed E-state index contributed by atoms with van der Waals surface area (Å²) < 4.78 is 57.9. The molecule has 13 heteroatoms. The third-order valence-electron chi connectivity index (χ3n) is 19.2. The zero-order valence-electron chi connectivity index (χ0n) is 52.3. The molecule has 0 radical (unpaired) electrons. The molecule has 0 aliphatic heterocycles. The quantitative estimate of drug-likeness (QED) is 0.0256. The predicted molar refractivity (Wildman–Crippen MR) is 331 cm³/mol. The molecule has 4 aliphatic rings. The first-order valence-electron chi connectivity index (χ1n) is 31.7. The first-order chi connectivity index (χ1) is 39.7. The summed E-state index contributed by atoms with van der Waals surface area (Å²) in [5, 5.41) is 13.3. The zero-order chi connectivity index (χ0) is 58.5. The monoisotopic (exact) mass is 1150 g/mol. The van der Waals surface area contributed by atoms with Gasteiger partial charge < -0.3 is 47.5 Å². The minimum atomic E-state index is -1.47. The van der Waals surface area contributed by atoms with Gasteiger partial charge in [0.15, 0.2) is 0 Å². The molecule has 0 heterocycles. The van der Waals surface area contributed by atoms with E-state index in [4.69, 9.17) is 42.2 Å². The number of rotatable bonds is 37. The Morgan fingerprint density at radius 1 is 0.671 bits per heavy atom. The molecule has 12 nitrogen and oxygen atoms in total. The van der Waals surface area contributed by atoms with E-state index in [9.17, 15) is 5.26 Å². The van der Waals surface area contributed by atoms with E-state index in [0.717, 1.165) is 76.7 Å². The second-order valence-corrected chi connectivity index (χ2v) is 26.9. The van der Waals surface area contributed by atoms with Gasteiger partial charge in [0.05, 0.1) is 86.2 Å². The van der Waals surface area contributed by atoms with Crippen molar-refractivity contribution in [1.29, 1.82) is 5.26 Å². The summed E-state index contributed by atoms with van der Waals surface area (Å²) in [4.78, 5) is 0. The van der Waals surface area contributed by atoms with Gasteiger partial charge in [-0.2, -0.15) is 5.26 Å². The number of hydrogen-bond donors (Lipinski definition) is 1. The number of nitrogens with one attached hydrogen (secondary N) is 1. The van der Waals surface area contributed by atoms with Crippen LogP contribution in [0.15, 0.2) is 90.5 Å². The van der Waals surface area contributed by atoms with Gasteiger partial charge in [-0.15, -0.1) is 0 Å². The van der Waals surface area contributed by atoms with Gasteiger partial charge in [-0.25, -0.2) is 4.67 Å². The maximum Gasteiger partial charge on any atom is 0.259 e. The first-order valence-corrected chi connectivity index (χ1v) is 32.8. The number of allylic oxidation sites excluding steroid dienone is 1. The smallest absolute Gasteiger partial charge is 0.259 e. The van der Waals surface area contributed by atoms with Crippen molar-refractivity contribution in [3.05, 3.63) is 107 Å². The molecule has 3 saturated carbocycles. The van der Waals surface area contributed by atoms with Crippen molar-refractivity contribution in [1.82, 2.24) is 9.99 Å². The van der Waals surface area contributed by atoms with E-state index in [-0.39, 0.29) is 18.2 Å². The van der Waals surface area contributed by atoms with Gasteiger partial charge in [0.1, 0.15) is 23.2 Å². The predicted octanol–water partition coefficient (Wildman–Crippen LogP) is 15.1. The molecular weight excluding hydrogens is 1050 g/mol. The molecule has 0 saturated heterocycles. The second kappa shape index (κ2) is 32.9. The maximum absolute atomic E-state index is 9.35. The van der Waals surface area contributed by atoms with Crippen molar-refractivity contribution in [2.24, 2.45) is 46.3 Å². The third kappa shape index (κ3) is 17.2. The van der Waals surface area contributed by atoms with Crippen LogP contribution in [0.3, 0.4) is 0 Å². The summed E-state index contributed by atoms with van der Waals surface area (Å²) in [6, 6.07) is 29.4. The van der Waals surface area contributed by atoms with Crippen LogP contribution in [0.4, 0.5) is 0 Å². The molecular formula is C69H106N3O9P. The van der Waals surface area contributed by atoms with E-state index < -0.39 is 14.1 Å². The maximum atomic E-state index is 9.35. The number of benzene rings is 3. The van der Waals surface area contributed by atoms with Crippen molar-refractivity contribution in [2.45, 2.75) is 176 Å². The highest BCUT2D eigenvalue weighted by molar-refractivity contribution is 7.44. The molecule has 456 valence electrons. The lowest BCUT2D eigenvalue weighted by Gasteiger charge is -2.58. The Morgan fingerprint density at radius 3 is 1.89 bits per heavy atom. The van der Waals surface area contributed by atoms with Crippen molar-refractivity contribution in [3.8, 4) is 17.6 Å². The third-order valence-corrected chi connectivity index (χ3v) is 21.4. The minimum absolute atomic E-state index is 0.178. The first kappa shape index (κ1) is 66.1. The number of hydrogen-bond acceptors (Lipinski definition) is 12. The van der Waals surface area contributed by atoms with Gasteiger partial charge in [0.25, 0.3) is 8.53 Å². The Kier molecular flexibility index (Phi) is 26.5. The fourth-order valence-corrected chi connectivity index (χ4v) is 16.7. The Morgan fingerprint density at radius 2 is 1.28 bits per heavy atom. The van der Waals surface area contributed by atoms with Crippen molar-refractivity contribution < 1.29 is 42.2 Å². The standard InChI is InChI=1S/C69H106N3O9P/c1-51(2)18-15-19-54(7)64-32-33-65-63-31-26-58-48-59(34-36-67(58,8)66(63)35-37-68(64,65)9)71-39-17-40-77-49-62(81-82(80-41-16-38-70)72(52(3)4)53(5)6)50-78-45-44-75-42-43-76-46-47-79-69(55-20-13-12-14-21-55,56-22-27-60(73-10)28-23-56)57-24-29-61(74-11)30-25-57/h12-14,20-30,51-54,59,62-66,71H,15-19,31-37,39-50H2,1-11H3/t54-,59+,62?,63+,64-,65+,66+,67+,68-,82?/m1/s1. The molecule has 82 heavy (non-hydrogen) atoms. The van der Waals surface area contributed by atoms with Gasteiger partial charge in [0.2, 0.25) is 0 Å². The lowest BCUT2D eigenvalue weighted by molar-refractivity contribution is -0.0515. The zero-order valence-corrected chi connectivity index (χ0v) is 53.2. The molecule has 0 aromatic heterocycles. The average Bonchev–Trinajstić information content (AvgIpc) is 1.77. The van der Waals surface area contributed by atoms with Gasteiger partial charge >= 0.3 is 0 Å². The Labute approximate surface area is 497 Å². The molecule has 10 atom stereocenters. The molecule has 1 N–H and O–H groups in total. The fraction of sp³-hybridized carbons (Fsp3) is 0.696. The molecule has 4 aliphatic carbocycles. The van der Waals surface area contributed by atoms with Crippen molar-refractivity contribution in [3.63, 3.8) is 0 Å². The van der Waals surface area contributed by atoms with Crippen LogP contribution >= 0.6 is 8.53 Å². The van der Waals surface area contributed by atoms with Crippen LogP contribution in [-0.4, -0.2) is 116 Å².